The second kappa shape index (κ2) is 8.71. The summed E-state index contributed by atoms with van der Waals surface area (Å²) in [5.74, 6) is 5.56. The highest BCUT2D eigenvalue weighted by Gasteiger charge is 2.03. The van der Waals surface area contributed by atoms with E-state index in [9.17, 15) is 4.79 Å². The summed E-state index contributed by atoms with van der Waals surface area (Å²) in [7, 11) is 1.78. The van der Waals surface area contributed by atoms with E-state index in [0.717, 1.165) is 16.7 Å². The summed E-state index contributed by atoms with van der Waals surface area (Å²) in [5, 5.41) is 8.85. The maximum atomic E-state index is 10.8. The standard InChI is InChI=1S/C21H21NO2/c1-17-8-10-18(11-9-17)12-13-20(19-6-4-3-5-7-19)14-15-22(2)16-21(23)24/h3-11,14H,15-16H2,1-2H3,(H,23,24). The Morgan fingerprint density at radius 2 is 1.79 bits per heavy atom. The van der Waals surface area contributed by atoms with Crippen LogP contribution in [0.5, 0.6) is 0 Å². The van der Waals surface area contributed by atoms with Crippen LogP contribution in [0.1, 0.15) is 16.7 Å². The number of benzene rings is 2. The molecule has 0 amide bonds. The van der Waals surface area contributed by atoms with Gasteiger partial charge < -0.3 is 5.11 Å². The Morgan fingerprint density at radius 3 is 2.42 bits per heavy atom. The first kappa shape index (κ1) is 17.5. The Morgan fingerprint density at radius 1 is 1.12 bits per heavy atom. The second-order valence-corrected chi connectivity index (χ2v) is 5.69. The first-order chi connectivity index (χ1) is 11.5. The van der Waals surface area contributed by atoms with E-state index in [2.05, 4.69) is 11.8 Å². The van der Waals surface area contributed by atoms with Crippen LogP contribution in [0, 0.1) is 18.8 Å². The van der Waals surface area contributed by atoms with Crippen LogP contribution < -0.4 is 0 Å². The van der Waals surface area contributed by atoms with Gasteiger partial charge in [-0.25, -0.2) is 0 Å². The van der Waals surface area contributed by atoms with Crippen molar-refractivity contribution >= 4 is 11.5 Å². The van der Waals surface area contributed by atoms with Crippen molar-refractivity contribution in [2.45, 2.75) is 6.92 Å². The van der Waals surface area contributed by atoms with Crippen molar-refractivity contribution in [3.63, 3.8) is 0 Å². The molecule has 3 nitrogen and oxygen atoms in total. The minimum atomic E-state index is -0.835. The Balaban J connectivity index is 2.24. The first-order valence-electron chi connectivity index (χ1n) is 7.79. The van der Waals surface area contributed by atoms with Crippen LogP contribution in [0.25, 0.3) is 5.57 Å². The number of aryl methyl sites for hydroxylation is 1. The van der Waals surface area contributed by atoms with Gasteiger partial charge in [-0.3, -0.25) is 9.69 Å². The summed E-state index contributed by atoms with van der Waals surface area (Å²) >= 11 is 0. The fraction of sp³-hybridized carbons (Fsp3) is 0.190. The van der Waals surface area contributed by atoms with Crippen LogP contribution in [0.2, 0.25) is 0 Å². The maximum absolute atomic E-state index is 10.8. The predicted octanol–water partition coefficient (Wildman–Crippen LogP) is 3.45. The smallest absolute Gasteiger partial charge is 0.317 e. The number of carboxylic acids is 1. The molecule has 0 aliphatic heterocycles. The van der Waals surface area contributed by atoms with Gasteiger partial charge in [-0.2, -0.15) is 0 Å². The first-order valence-corrected chi connectivity index (χ1v) is 7.79. The van der Waals surface area contributed by atoms with Gasteiger partial charge >= 0.3 is 5.97 Å². The molecule has 0 aliphatic rings. The van der Waals surface area contributed by atoms with Crippen molar-refractivity contribution in [1.29, 1.82) is 0 Å². The Hall–Kier alpha value is -2.83. The van der Waals surface area contributed by atoms with Crippen LogP contribution in [0.15, 0.2) is 60.7 Å². The minimum Gasteiger partial charge on any atom is -0.480 e. The maximum Gasteiger partial charge on any atom is 0.317 e. The van der Waals surface area contributed by atoms with Crippen molar-refractivity contribution in [2.24, 2.45) is 0 Å². The molecule has 0 aromatic heterocycles. The van der Waals surface area contributed by atoms with Gasteiger partial charge in [0.1, 0.15) is 0 Å². The average Bonchev–Trinajstić information content (AvgIpc) is 2.56. The molecule has 2 aromatic carbocycles. The summed E-state index contributed by atoms with van der Waals surface area (Å²) < 4.78 is 0. The van der Waals surface area contributed by atoms with Crippen LogP contribution in [0.3, 0.4) is 0 Å². The molecule has 24 heavy (non-hydrogen) atoms. The molecule has 0 spiro atoms. The SMILES string of the molecule is Cc1ccc(C#CC(=CCN(C)CC(=O)O)c2ccccc2)cc1. The van der Waals surface area contributed by atoms with E-state index in [-0.39, 0.29) is 6.54 Å². The zero-order valence-electron chi connectivity index (χ0n) is 14.0. The molecule has 1 N–H and O–H groups in total. The molecule has 122 valence electrons. The second-order valence-electron chi connectivity index (χ2n) is 5.69. The molecule has 0 unspecified atom stereocenters. The van der Waals surface area contributed by atoms with E-state index in [1.54, 1.807) is 11.9 Å². The fourth-order valence-corrected chi connectivity index (χ4v) is 2.18. The number of aliphatic carboxylic acids is 1. The highest BCUT2D eigenvalue weighted by molar-refractivity contribution is 5.79. The number of hydrogen-bond acceptors (Lipinski definition) is 2. The number of likely N-dealkylation sites (N-methyl/N-ethyl adjacent to an activating group) is 1. The van der Waals surface area contributed by atoms with Crippen molar-refractivity contribution in [3.05, 3.63) is 77.4 Å². The van der Waals surface area contributed by atoms with Gasteiger partial charge in [0.15, 0.2) is 0 Å². The molecule has 0 atom stereocenters. The lowest BCUT2D eigenvalue weighted by atomic mass is 10.0. The van der Waals surface area contributed by atoms with Gasteiger partial charge in [-0.05, 0) is 31.7 Å². The molecular formula is C21H21NO2. The Bertz CT molecular complexity index is 765. The minimum absolute atomic E-state index is 0.00393. The molecule has 0 bridgehead atoms. The Labute approximate surface area is 143 Å². The quantitative estimate of drug-likeness (QED) is 0.858. The van der Waals surface area contributed by atoms with E-state index in [1.165, 1.54) is 5.56 Å². The van der Waals surface area contributed by atoms with Crippen LogP contribution >= 0.6 is 0 Å². The zero-order valence-corrected chi connectivity index (χ0v) is 14.0. The highest BCUT2D eigenvalue weighted by atomic mass is 16.4. The third-order valence-corrected chi connectivity index (χ3v) is 3.49. The van der Waals surface area contributed by atoms with E-state index >= 15 is 0 Å². The van der Waals surface area contributed by atoms with Gasteiger partial charge in [0, 0.05) is 17.7 Å². The van der Waals surface area contributed by atoms with E-state index in [1.807, 2.05) is 67.6 Å². The van der Waals surface area contributed by atoms with Gasteiger partial charge in [-0.1, -0.05) is 65.9 Å². The lowest BCUT2D eigenvalue weighted by Gasteiger charge is -2.11. The topological polar surface area (TPSA) is 40.5 Å². The average molecular weight is 319 g/mol. The zero-order chi connectivity index (χ0) is 17.4. The summed E-state index contributed by atoms with van der Waals surface area (Å²) in [5.41, 5.74) is 4.09. The summed E-state index contributed by atoms with van der Waals surface area (Å²) in [4.78, 5) is 12.5. The summed E-state index contributed by atoms with van der Waals surface area (Å²) in [6.07, 6.45) is 1.97. The number of carbonyl (C=O) groups is 1. The summed E-state index contributed by atoms with van der Waals surface area (Å²) in [6, 6.07) is 18.0. The third kappa shape index (κ3) is 5.75. The van der Waals surface area contributed by atoms with Gasteiger partial charge in [-0.15, -0.1) is 0 Å². The largest absolute Gasteiger partial charge is 0.480 e. The monoisotopic (exact) mass is 319 g/mol. The molecule has 0 fully saturated rings. The van der Waals surface area contributed by atoms with E-state index < -0.39 is 5.97 Å². The van der Waals surface area contributed by atoms with Gasteiger partial charge in [0.2, 0.25) is 0 Å². The van der Waals surface area contributed by atoms with Crippen molar-refractivity contribution in [1.82, 2.24) is 4.90 Å². The molecule has 3 heteroatoms. The molecule has 2 aromatic rings. The molecule has 0 heterocycles. The lowest BCUT2D eigenvalue weighted by Crippen LogP contribution is -2.25. The van der Waals surface area contributed by atoms with Crippen LogP contribution in [-0.2, 0) is 4.79 Å². The number of rotatable bonds is 5. The number of carboxylic acid groups (broad SMARTS) is 1. The molecule has 0 saturated heterocycles. The molecule has 0 radical (unpaired) electrons. The Kier molecular flexibility index (Phi) is 6.36. The third-order valence-electron chi connectivity index (χ3n) is 3.49. The van der Waals surface area contributed by atoms with E-state index in [4.69, 9.17) is 5.11 Å². The van der Waals surface area contributed by atoms with Gasteiger partial charge in [0.25, 0.3) is 0 Å². The van der Waals surface area contributed by atoms with Crippen molar-refractivity contribution in [3.8, 4) is 11.8 Å². The van der Waals surface area contributed by atoms with Crippen molar-refractivity contribution < 1.29 is 9.90 Å². The number of allylic oxidation sites excluding steroid dienone is 1. The molecule has 0 aliphatic carbocycles. The molecular weight excluding hydrogens is 298 g/mol. The summed E-state index contributed by atoms with van der Waals surface area (Å²) in [6.45, 7) is 2.58. The van der Waals surface area contributed by atoms with Gasteiger partial charge in [0.05, 0.1) is 6.54 Å². The number of nitrogens with zero attached hydrogens (tertiary/aromatic N) is 1. The lowest BCUT2D eigenvalue weighted by molar-refractivity contribution is -0.137. The van der Waals surface area contributed by atoms with E-state index in [0.29, 0.717) is 6.54 Å². The van der Waals surface area contributed by atoms with Crippen LogP contribution in [-0.4, -0.2) is 36.1 Å². The number of hydrogen-bond donors (Lipinski definition) is 1. The predicted molar refractivity (Wildman–Crippen MR) is 97.6 cm³/mol. The molecule has 0 saturated carbocycles. The fourth-order valence-electron chi connectivity index (χ4n) is 2.18. The highest BCUT2D eigenvalue weighted by Crippen LogP contribution is 2.13. The normalized spacial score (nSPS) is 11.0. The van der Waals surface area contributed by atoms with Crippen LogP contribution in [0.4, 0.5) is 0 Å². The van der Waals surface area contributed by atoms with Crippen molar-refractivity contribution in [2.75, 3.05) is 20.1 Å². The molecule has 2 rings (SSSR count).